The van der Waals surface area contributed by atoms with E-state index in [0.717, 1.165) is 40.5 Å². The second-order valence-electron chi connectivity index (χ2n) is 7.27. The molecule has 146 valence electrons. The highest BCUT2D eigenvalue weighted by Crippen LogP contribution is 2.35. The maximum atomic E-state index is 4.50. The monoisotopic (exact) mass is 410 g/mol. The van der Waals surface area contributed by atoms with Crippen LogP contribution in [0.25, 0.3) is 26.3 Å². The summed E-state index contributed by atoms with van der Waals surface area (Å²) in [7, 11) is 0. The number of thiophene rings is 1. The number of anilines is 1. The number of nitrogens with one attached hydrogen (secondary N) is 1. The topological polar surface area (TPSA) is 68.5 Å². The van der Waals surface area contributed by atoms with Gasteiger partial charge in [0.1, 0.15) is 22.8 Å². The number of aromatic nitrogens is 5. The molecule has 30 heavy (non-hydrogen) atoms. The first-order valence-electron chi connectivity index (χ1n) is 9.92. The maximum absolute atomic E-state index is 4.50. The minimum absolute atomic E-state index is 0.546. The SMILES string of the molecule is c1ccc(-c2cc3c(NCc4nnc5n4-c4ccccc4CC5)ncnc3s2)cc1. The quantitative estimate of drug-likeness (QED) is 0.467. The highest BCUT2D eigenvalue weighted by atomic mass is 32.1. The predicted octanol–water partition coefficient (Wildman–Crippen LogP) is 4.65. The molecule has 0 fully saturated rings. The van der Waals surface area contributed by atoms with Crippen LogP contribution in [0, 0.1) is 0 Å². The Balaban J connectivity index is 1.33. The van der Waals surface area contributed by atoms with Gasteiger partial charge in [-0.3, -0.25) is 4.57 Å². The van der Waals surface area contributed by atoms with E-state index in [-0.39, 0.29) is 0 Å². The Labute approximate surface area is 177 Å². The summed E-state index contributed by atoms with van der Waals surface area (Å²) in [5.41, 5.74) is 3.70. The molecule has 1 aliphatic heterocycles. The number of benzene rings is 2. The van der Waals surface area contributed by atoms with Crippen LogP contribution in [0.15, 0.2) is 67.0 Å². The average Bonchev–Trinajstić information content (AvgIpc) is 3.43. The van der Waals surface area contributed by atoms with Crippen molar-refractivity contribution in [3.63, 3.8) is 0 Å². The first kappa shape index (κ1) is 17.3. The summed E-state index contributed by atoms with van der Waals surface area (Å²) in [4.78, 5) is 11.1. The minimum atomic E-state index is 0.546. The highest BCUT2D eigenvalue weighted by Gasteiger charge is 2.21. The van der Waals surface area contributed by atoms with Gasteiger partial charge in [0, 0.05) is 11.3 Å². The molecule has 6 nitrogen and oxygen atoms in total. The van der Waals surface area contributed by atoms with Crippen molar-refractivity contribution in [1.82, 2.24) is 24.7 Å². The van der Waals surface area contributed by atoms with Gasteiger partial charge in [-0.2, -0.15) is 0 Å². The van der Waals surface area contributed by atoms with Gasteiger partial charge in [0.25, 0.3) is 0 Å². The third kappa shape index (κ3) is 2.86. The fourth-order valence-electron chi connectivity index (χ4n) is 4.00. The lowest BCUT2D eigenvalue weighted by Gasteiger charge is -2.19. The van der Waals surface area contributed by atoms with E-state index in [1.165, 1.54) is 21.7 Å². The van der Waals surface area contributed by atoms with E-state index in [4.69, 9.17) is 0 Å². The van der Waals surface area contributed by atoms with E-state index in [0.29, 0.717) is 6.54 Å². The van der Waals surface area contributed by atoms with Crippen LogP contribution in [-0.4, -0.2) is 24.7 Å². The van der Waals surface area contributed by atoms with Crippen LogP contribution in [0.2, 0.25) is 0 Å². The van der Waals surface area contributed by atoms with Gasteiger partial charge in [0.15, 0.2) is 5.82 Å². The summed E-state index contributed by atoms with van der Waals surface area (Å²) in [5, 5.41) is 13.4. The number of rotatable bonds is 4. The van der Waals surface area contributed by atoms with E-state index < -0.39 is 0 Å². The highest BCUT2D eigenvalue weighted by molar-refractivity contribution is 7.21. The van der Waals surface area contributed by atoms with E-state index >= 15 is 0 Å². The van der Waals surface area contributed by atoms with E-state index in [1.54, 1.807) is 17.7 Å². The zero-order valence-electron chi connectivity index (χ0n) is 16.1. The molecule has 0 spiro atoms. The lowest BCUT2D eigenvalue weighted by Crippen LogP contribution is -2.16. The normalized spacial score (nSPS) is 12.5. The Bertz CT molecular complexity index is 1350. The number of para-hydroxylation sites is 1. The molecule has 0 radical (unpaired) electrons. The number of hydrogen-bond donors (Lipinski definition) is 1. The van der Waals surface area contributed by atoms with E-state index in [1.807, 2.05) is 6.07 Å². The third-order valence-corrected chi connectivity index (χ3v) is 6.54. The van der Waals surface area contributed by atoms with Gasteiger partial charge in [0.05, 0.1) is 17.6 Å². The van der Waals surface area contributed by atoms with E-state index in [2.05, 4.69) is 84.6 Å². The molecule has 4 heterocycles. The first-order valence-corrected chi connectivity index (χ1v) is 10.7. The van der Waals surface area contributed by atoms with Gasteiger partial charge in [-0.05, 0) is 29.7 Å². The van der Waals surface area contributed by atoms with Crippen molar-refractivity contribution in [3.8, 4) is 16.1 Å². The van der Waals surface area contributed by atoms with Crippen LogP contribution in [0.1, 0.15) is 17.2 Å². The molecule has 6 rings (SSSR count). The predicted molar refractivity (Wildman–Crippen MR) is 119 cm³/mol. The number of aryl methyl sites for hydroxylation is 2. The number of hydrogen-bond acceptors (Lipinski definition) is 6. The van der Waals surface area contributed by atoms with Crippen molar-refractivity contribution in [3.05, 3.63) is 84.2 Å². The van der Waals surface area contributed by atoms with Crippen molar-refractivity contribution in [1.29, 1.82) is 0 Å². The lowest BCUT2D eigenvalue weighted by molar-refractivity contribution is 0.757. The van der Waals surface area contributed by atoms with Crippen LogP contribution in [-0.2, 0) is 19.4 Å². The molecule has 0 unspecified atom stereocenters. The fraction of sp³-hybridized carbons (Fsp3) is 0.130. The molecule has 5 aromatic rings. The zero-order chi connectivity index (χ0) is 19.9. The second-order valence-corrected chi connectivity index (χ2v) is 8.30. The van der Waals surface area contributed by atoms with Crippen LogP contribution in [0.5, 0.6) is 0 Å². The van der Waals surface area contributed by atoms with Gasteiger partial charge < -0.3 is 5.32 Å². The molecule has 1 N–H and O–H groups in total. The second kappa shape index (κ2) is 7.03. The molecule has 0 bridgehead atoms. The van der Waals surface area contributed by atoms with Crippen molar-refractivity contribution >= 4 is 27.4 Å². The third-order valence-electron chi connectivity index (χ3n) is 5.45. The molecule has 0 amide bonds. The molecule has 0 saturated carbocycles. The molecule has 0 atom stereocenters. The van der Waals surface area contributed by atoms with Crippen molar-refractivity contribution in [2.24, 2.45) is 0 Å². The summed E-state index contributed by atoms with van der Waals surface area (Å²) in [6.07, 6.45) is 3.53. The van der Waals surface area contributed by atoms with E-state index in [9.17, 15) is 0 Å². The van der Waals surface area contributed by atoms with Gasteiger partial charge in [0.2, 0.25) is 0 Å². The van der Waals surface area contributed by atoms with Crippen LogP contribution in [0.3, 0.4) is 0 Å². The largest absolute Gasteiger partial charge is 0.362 e. The molecular formula is C23H18N6S. The summed E-state index contributed by atoms with van der Waals surface area (Å²) in [5.74, 6) is 2.72. The van der Waals surface area contributed by atoms with Crippen LogP contribution >= 0.6 is 11.3 Å². The molecule has 0 aliphatic carbocycles. The summed E-state index contributed by atoms with van der Waals surface area (Å²) in [6.45, 7) is 0.546. The Morgan fingerprint density at radius 1 is 0.933 bits per heavy atom. The van der Waals surface area contributed by atoms with Gasteiger partial charge >= 0.3 is 0 Å². The summed E-state index contributed by atoms with van der Waals surface area (Å²) in [6, 6.07) is 21.0. The summed E-state index contributed by atoms with van der Waals surface area (Å²) < 4.78 is 2.17. The van der Waals surface area contributed by atoms with Crippen molar-refractivity contribution in [2.75, 3.05) is 5.32 Å². The molecule has 0 saturated heterocycles. The molecule has 1 aliphatic rings. The van der Waals surface area contributed by atoms with Gasteiger partial charge in [-0.25, -0.2) is 9.97 Å². The molecule has 7 heteroatoms. The van der Waals surface area contributed by atoms with Crippen molar-refractivity contribution < 1.29 is 0 Å². The number of fused-ring (bicyclic) bond motifs is 4. The number of nitrogens with zero attached hydrogens (tertiary/aromatic N) is 5. The Hall–Kier alpha value is -3.58. The van der Waals surface area contributed by atoms with Gasteiger partial charge in [-0.1, -0.05) is 48.5 Å². The lowest BCUT2D eigenvalue weighted by atomic mass is 10.0. The van der Waals surface area contributed by atoms with Crippen LogP contribution < -0.4 is 5.32 Å². The Morgan fingerprint density at radius 3 is 2.73 bits per heavy atom. The van der Waals surface area contributed by atoms with Gasteiger partial charge in [-0.15, -0.1) is 21.5 Å². The fourth-order valence-corrected chi connectivity index (χ4v) is 5.00. The maximum Gasteiger partial charge on any atom is 0.157 e. The zero-order valence-corrected chi connectivity index (χ0v) is 16.9. The molecule has 3 aromatic heterocycles. The van der Waals surface area contributed by atoms with Crippen molar-refractivity contribution in [2.45, 2.75) is 19.4 Å². The average molecular weight is 411 g/mol. The Morgan fingerprint density at radius 2 is 1.80 bits per heavy atom. The molecule has 2 aromatic carbocycles. The standard InChI is InChI=1S/C23H18N6S/c1-2-7-16(8-3-1)19-12-17-22(25-14-26-23(17)30-19)24-13-21-28-27-20-11-10-15-6-4-5-9-18(15)29(20)21/h1-9,12,14H,10-11,13H2,(H,24,25,26). The Kier molecular flexibility index (Phi) is 4.06. The minimum Gasteiger partial charge on any atom is -0.362 e. The van der Waals surface area contributed by atoms with Crippen LogP contribution in [0.4, 0.5) is 5.82 Å². The summed E-state index contributed by atoms with van der Waals surface area (Å²) >= 11 is 1.68. The molecular weight excluding hydrogens is 392 g/mol. The first-order chi connectivity index (χ1) is 14.9. The smallest absolute Gasteiger partial charge is 0.157 e.